The maximum atomic E-state index is 10.7. The van der Waals surface area contributed by atoms with Gasteiger partial charge in [-0.05, 0) is 0 Å². The molecular formula is C13H18O4WY-2. The van der Waals surface area contributed by atoms with Crippen molar-refractivity contribution in [3.05, 3.63) is 42.8 Å². The van der Waals surface area contributed by atoms with Crippen molar-refractivity contribution in [1.82, 2.24) is 0 Å². The maximum absolute atomic E-state index is 10.7. The predicted octanol–water partition coefficient (Wildman–Crippen LogP) is 2.52. The number of hydrogen-bond acceptors (Lipinski definition) is 2. The van der Waals surface area contributed by atoms with Crippen LogP contribution in [0.15, 0.2) is 18.2 Å². The maximum Gasteiger partial charge on any atom is 0.320 e. The van der Waals surface area contributed by atoms with Crippen LogP contribution < -0.4 is 0 Å². The predicted molar refractivity (Wildman–Crippen MR) is 65.8 cm³/mol. The van der Waals surface area contributed by atoms with Gasteiger partial charge in [0.1, 0.15) is 0 Å². The summed E-state index contributed by atoms with van der Waals surface area (Å²) < 4.78 is 0. The van der Waals surface area contributed by atoms with E-state index in [4.69, 9.17) is 10.2 Å². The summed E-state index contributed by atoms with van der Waals surface area (Å²) in [7, 11) is 0. The summed E-state index contributed by atoms with van der Waals surface area (Å²) in [6.45, 7) is 5.66. The van der Waals surface area contributed by atoms with Crippen molar-refractivity contribution >= 4 is 11.9 Å². The van der Waals surface area contributed by atoms with Crippen molar-refractivity contribution in [3.8, 4) is 0 Å². The minimum Gasteiger partial charge on any atom is -0.480 e. The Hall–Kier alpha value is -0.0478. The molecule has 0 saturated carbocycles. The molecule has 2 N–H and O–H groups in total. The standard InChI is InChI=1S/C10H9O4.C2H6.CH3.W.Y/c1-6-4-2-3-5-7(6)8(9(11)12)10(13)14;1-2;;;/h2-4,8H,1H3,(H,11,12)(H,13,14);1-2H3;1H3;;/q-1;;-1;;. The molecule has 4 nitrogen and oxygen atoms in total. The summed E-state index contributed by atoms with van der Waals surface area (Å²) in [5, 5.41) is 17.4. The summed E-state index contributed by atoms with van der Waals surface area (Å²) in [5.41, 5.74) is 0.815. The van der Waals surface area contributed by atoms with Gasteiger partial charge in [-0.1, -0.05) is 20.8 Å². The van der Waals surface area contributed by atoms with Crippen molar-refractivity contribution in [3.63, 3.8) is 0 Å². The second-order valence-electron chi connectivity index (χ2n) is 2.88. The van der Waals surface area contributed by atoms with Crippen LogP contribution >= 0.6 is 0 Å². The molecular weight excluding hydrogens is 493 g/mol. The van der Waals surface area contributed by atoms with Gasteiger partial charge in [-0.15, -0.1) is 5.56 Å². The molecule has 6 heteroatoms. The zero-order valence-corrected chi connectivity index (χ0v) is 17.3. The Morgan fingerprint density at radius 1 is 1.21 bits per heavy atom. The summed E-state index contributed by atoms with van der Waals surface area (Å²) in [6, 6.07) is 7.48. The molecule has 0 saturated heterocycles. The molecule has 1 radical (unpaired) electrons. The van der Waals surface area contributed by atoms with Gasteiger partial charge in [-0.2, -0.15) is 29.8 Å². The first-order valence-electron chi connectivity index (χ1n) is 4.97. The molecule has 0 aliphatic rings. The van der Waals surface area contributed by atoms with E-state index in [2.05, 4.69) is 6.07 Å². The number of carboxylic acids is 2. The van der Waals surface area contributed by atoms with E-state index in [9.17, 15) is 9.59 Å². The quantitative estimate of drug-likeness (QED) is 0.484. The summed E-state index contributed by atoms with van der Waals surface area (Å²) in [5.74, 6) is -4.28. The van der Waals surface area contributed by atoms with Crippen molar-refractivity contribution in [1.29, 1.82) is 0 Å². The number of hydrogen-bond donors (Lipinski definition) is 2. The summed E-state index contributed by atoms with van der Waals surface area (Å²) >= 11 is 0. The molecule has 0 fully saturated rings. The van der Waals surface area contributed by atoms with E-state index >= 15 is 0 Å². The molecule has 0 aliphatic carbocycles. The fourth-order valence-electron chi connectivity index (χ4n) is 1.20. The average Bonchev–Trinajstić information content (AvgIpc) is 2.23. The van der Waals surface area contributed by atoms with Crippen LogP contribution in [0.1, 0.15) is 30.9 Å². The van der Waals surface area contributed by atoms with E-state index in [-0.39, 0.29) is 66.8 Å². The Bertz CT molecular complexity index is 369. The van der Waals surface area contributed by atoms with Gasteiger partial charge in [0.05, 0.1) is 0 Å². The number of rotatable bonds is 3. The Labute approximate surface area is 154 Å². The number of carbonyl (C=O) groups is 2. The van der Waals surface area contributed by atoms with Crippen LogP contribution in [-0.4, -0.2) is 22.2 Å². The molecule has 1 aromatic rings. The molecule has 19 heavy (non-hydrogen) atoms. The first kappa shape index (κ1) is 27.3. The van der Waals surface area contributed by atoms with Crippen molar-refractivity contribution in [2.24, 2.45) is 0 Å². The Morgan fingerprint density at radius 3 is 1.95 bits per heavy atom. The molecule has 0 heterocycles. The third-order valence-electron chi connectivity index (χ3n) is 1.89. The van der Waals surface area contributed by atoms with E-state index in [1.165, 1.54) is 6.07 Å². The van der Waals surface area contributed by atoms with Gasteiger partial charge in [0.2, 0.25) is 0 Å². The molecule has 1 rings (SSSR count). The van der Waals surface area contributed by atoms with Gasteiger partial charge >= 0.3 is 11.9 Å². The normalized spacial score (nSPS) is 7.79. The number of aliphatic carboxylic acids is 2. The third kappa shape index (κ3) is 8.67. The summed E-state index contributed by atoms with van der Waals surface area (Å²) in [4.78, 5) is 21.4. The zero-order chi connectivity index (χ0) is 12.7. The first-order valence-corrected chi connectivity index (χ1v) is 4.97. The van der Waals surface area contributed by atoms with Gasteiger partial charge in [-0.3, -0.25) is 9.59 Å². The van der Waals surface area contributed by atoms with Crippen LogP contribution in [0.3, 0.4) is 0 Å². The summed E-state index contributed by atoms with van der Waals surface area (Å²) in [6.07, 6.45) is 0. The van der Waals surface area contributed by atoms with Gasteiger partial charge < -0.3 is 17.6 Å². The average molecular weight is 511 g/mol. The van der Waals surface area contributed by atoms with E-state index < -0.39 is 17.9 Å². The van der Waals surface area contributed by atoms with E-state index in [0.717, 1.165) is 0 Å². The second kappa shape index (κ2) is 14.4. The number of aryl methyl sites for hydroxylation is 1. The topological polar surface area (TPSA) is 74.6 Å². The van der Waals surface area contributed by atoms with Gasteiger partial charge in [0.15, 0.2) is 5.92 Å². The molecule has 1 aromatic carbocycles. The number of carboxylic acid groups (broad SMARTS) is 2. The van der Waals surface area contributed by atoms with Gasteiger partial charge in [0.25, 0.3) is 0 Å². The van der Waals surface area contributed by atoms with Crippen LogP contribution in [-0.2, 0) is 63.4 Å². The third-order valence-corrected chi connectivity index (χ3v) is 1.89. The van der Waals surface area contributed by atoms with E-state index in [1.54, 1.807) is 19.1 Å². The molecule has 0 spiro atoms. The smallest absolute Gasteiger partial charge is 0.320 e. The Morgan fingerprint density at radius 2 is 1.63 bits per heavy atom. The molecule has 0 aromatic heterocycles. The van der Waals surface area contributed by atoms with Crippen molar-refractivity contribution < 1.29 is 73.6 Å². The Balaban J connectivity index is -0.000000214. The van der Waals surface area contributed by atoms with Crippen LogP contribution in [0.2, 0.25) is 0 Å². The monoisotopic (exact) mass is 511 g/mol. The van der Waals surface area contributed by atoms with E-state index in [1.807, 2.05) is 13.8 Å². The van der Waals surface area contributed by atoms with Crippen LogP contribution in [0.5, 0.6) is 0 Å². The molecule has 105 valence electrons. The molecule has 0 bridgehead atoms. The minimum atomic E-state index is -1.53. The molecule has 0 amide bonds. The molecule has 0 unspecified atom stereocenters. The zero-order valence-electron chi connectivity index (χ0n) is 11.5. The Kier molecular flexibility index (Phi) is 20.7. The second-order valence-corrected chi connectivity index (χ2v) is 2.88. The number of benzene rings is 1. The van der Waals surface area contributed by atoms with Gasteiger partial charge in [-0.25, -0.2) is 0 Å². The van der Waals surface area contributed by atoms with Crippen LogP contribution in [0.4, 0.5) is 0 Å². The fraction of sp³-hybridized carbons (Fsp3) is 0.308. The van der Waals surface area contributed by atoms with Crippen molar-refractivity contribution in [2.75, 3.05) is 0 Å². The van der Waals surface area contributed by atoms with Gasteiger partial charge in [0, 0.05) is 53.8 Å². The van der Waals surface area contributed by atoms with Crippen molar-refractivity contribution in [2.45, 2.75) is 26.7 Å². The first-order chi connectivity index (χ1) is 7.54. The minimum absolute atomic E-state index is 0. The van der Waals surface area contributed by atoms with Crippen LogP contribution in [0, 0.1) is 20.4 Å². The molecule has 0 atom stereocenters. The SMILES string of the molecule is CC.Cc1ccc[c-]c1C(C(=O)O)C(=O)O.[CH3-].[W].[Y]. The molecule has 0 aliphatic heterocycles. The fourth-order valence-corrected chi connectivity index (χ4v) is 1.20. The largest absolute Gasteiger partial charge is 0.480 e. The van der Waals surface area contributed by atoms with Crippen LogP contribution in [0.25, 0.3) is 0 Å². The van der Waals surface area contributed by atoms with E-state index in [0.29, 0.717) is 5.56 Å².